The summed E-state index contributed by atoms with van der Waals surface area (Å²) in [6.45, 7) is 2.81. The molecule has 2 aromatic rings. The Morgan fingerprint density at radius 1 is 1.15 bits per heavy atom. The third-order valence-corrected chi connectivity index (χ3v) is 5.01. The van der Waals surface area contributed by atoms with E-state index in [1.807, 2.05) is 24.3 Å². The summed E-state index contributed by atoms with van der Waals surface area (Å²) in [5, 5.41) is 9.05. The molecule has 138 valence electrons. The Balaban J connectivity index is 1.72. The van der Waals surface area contributed by atoms with Crippen molar-refractivity contribution in [3.8, 4) is 11.5 Å². The van der Waals surface area contributed by atoms with Gasteiger partial charge in [-0.05, 0) is 49.1 Å². The highest BCUT2D eigenvalue weighted by molar-refractivity contribution is 5.87. The minimum Gasteiger partial charge on any atom is -0.493 e. The van der Waals surface area contributed by atoms with Crippen LogP contribution in [0.2, 0.25) is 0 Å². The molecule has 1 atom stereocenters. The van der Waals surface area contributed by atoms with Gasteiger partial charge >= 0.3 is 5.97 Å². The number of methoxy groups -OCH3 is 2. The largest absolute Gasteiger partial charge is 0.493 e. The van der Waals surface area contributed by atoms with Gasteiger partial charge in [-0.3, -0.25) is 4.90 Å². The van der Waals surface area contributed by atoms with Gasteiger partial charge in [-0.1, -0.05) is 24.3 Å². The van der Waals surface area contributed by atoms with E-state index in [9.17, 15) is 4.79 Å². The number of hydrogen-bond acceptors (Lipinski definition) is 4. The van der Waals surface area contributed by atoms with Crippen molar-refractivity contribution < 1.29 is 19.4 Å². The lowest BCUT2D eigenvalue weighted by Crippen LogP contribution is -2.34. The Morgan fingerprint density at radius 2 is 1.92 bits per heavy atom. The number of carboxylic acid groups (broad SMARTS) is 1. The Hall–Kier alpha value is -2.53. The molecule has 1 aliphatic rings. The van der Waals surface area contributed by atoms with Crippen LogP contribution in [0, 0.1) is 0 Å². The molecule has 0 amide bonds. The molecular weight excluding hydrogens is 330 g/mol. The first kappa shape index (κ1) is 18.3. The Morgan fingerprint density at radius 3 is 2.58 bits per heavy atom. The zero-order valence-electron chi connectivity index (χ0n) is 15.3. The van der Waals surface area contributed by atoms with E-state index in [0.29, 0.717) is 11.5 Å². The number of piperidine rings is 1. The van der Waals surface area contributed by atoms with Crippen LogP contribution >= 0.6 is 0 Å². The van der Waals surface area contributed by atoms with Gasteiger partial charge in [0.1, 0.15) is 0 Å². The summed E-state index contributed by atoms with van der Waals surface area (Å²) in [4.78, 5) is 13.5. The van der Waals surface area contributed by atoms with Crippen LogP contribution in [0.1, 0.15) is 40.2 Å². The Bertz CT molecular complexity index is 757. The molecule has 1 unspecified atom stereocenters. The molecule has 1 aliphatic heterocycles. The summed E-state index contributed by atoms with van der Waals surface area (Å²) in [5.74, 6) is 1.08. The van der Waals surface area contributed by atoms with Crippen LogP contribution in [0.15, 0.2) is 42.5 Å². The number of benzene rings is 2. The second-order valence-electron chi connectivity index (χ2n) is 6.65. The number of ether oxygens (including phenoxy) is 2. The number of hydrogen-bond donors (Lipinski definition) is 1. The molecule has 3 rings (SSSR count). The number of para-hydroxylation sites is 1. The maximum Gasteiger partial charge on any atom is 0.335 e. The molecule has 1 heterocycles. The van der Waals surface area contributed by atoms with Crippen LogP contribution in [-0.4, -0.2) is 43.3 Å². The smallest absolute Gasteiger partial charge is 0.335 e. The summed E-state index contributed by atoms with van der Waals surface area (Å²) in [7, 11) is 3.32. The lowest BCUT2D eigenvalue weighted by molar-refractivity contribution is 0.0697. The van der Waals surface area contributed by atoms with E-state index >= 15 is 0 Å². The van der Waals surface area contributed by atoms with Gasteiger partial charge in [0.05, 0.1) is 19.8 Å². The molecule has 0 aromatic heterocycles. The maximum absolute atomic E-state index is 11.0. The lowest BCUT2D eigenvalue weighted by Gasteiger charge is -2.33. The summed E-state index contributed by atoms with van der Waals surface area (Å²) in [5.41, 5.74) is 2.66. The van der Waals surface area contributed by atoms with Crippen molar-refractivity contribution in [2.24, 2.45) is 0 Å². The summed E-state index contributed by atoms with van der Waals surface area (Å²) < 4.78 is 10.9. The van der Waals surface area contributed by atoms with Gasteiger partial charge in [-0.15, -0.1) is 0 Å². The molecular formula is C21H25NO4. The molecule has 1 N–H and O–H groups in total. The highest BCUT2D eigenvalue weighted by Gasteiger charge is 2.23. The molecule has 1 saturated heterocycles. The molecule has 5 heteroatoms. The molecule has 0 radical (unpaired) electrons. The average Bonchev–Trinajstić information content (AvgIpc) is 2.68. The van der Waals surface area contributed by atoms with Crippen molar-refractivity contribution in [1.29, 1.82) is 0 Å². The number of carbonyl (C=O) groups is 1. The molecule has 0 aliphatic carbocycles. The summed E-state index contributed by atoms with van der Waals surface area (Å²) in [6.07, 6.45) is 2.25. The molecule has 0 spiro atoms. The quantitative estimate of drug-likeness (QED) is 0.854. The lowest BCUT2D eigenvalue weighted by atomic mass is 9.90. The molecule has 1 fully saturated rings. The first-order valence-electron chi connectivity index (χ1n) is 8.88. The molecule has 2 aromatic carbocycles. The van der Waals surface area contributed by atoms with Crippen molar-refractivity contribution in [2.45, 2.75) is 25.3 Å². The van der Waals surface area contributed by atoms with Crippen molar-refractivity contribution >= 4 is 5.97 Å². The molecule has 0 bridgehead atoms. The topological polar surface area (TPSA) is 59.0 Å². The van der Waals surface area contributed by atoms with Crippen LogP contribution in [0.4, 0.5) is 0 Å². The molecule has 5 nitrogen and oxygen atoms in total. The van der Waals surface area contributed by atoms with Gasteiger partial charge in [0.2, 0.25) is 0 Å². The highest BCUT2D eigenvalue weighted by atomic mass is 16.5. The maximum atomic E-state index is 11.0. The number of likely N-dealkylation sites (tertiary alicyclic amines) is 1. The Kier molecular flexibility index (Phi) is 5.78. The van der Waals surface area contributed by atoms with Crippen LogP contribution in [0.25, 0.3) is 0 Å². The van der Waals surface area contributed by atoms with Crippen LogP contribution in [0.5, 0.6) is 11.5 Å². The van der Waals surface area contributed by atoms with Gasteiger partial charge in [0, 0.05) is 18.7 Å². The third-order valence-electron chi connectivity index (χ3n) is 5.01. The number of carboxylic acids is 1. The van der Waals surface area contributed by atoms with Crippen LogP contribution in [-0.2, 0) is 6.54 Å². The molecule has 0 saturated carbocycles. The van der Waals surface area contributed by atoms with E-state index in [1.165, 1.54) is 5.56 Å². The van der Waals surface area contributed by atoms with E-state index in [-0.39, 0.29) is 0 Å². The zero-order chi connectivity index (χ0) is 18.5. The van der Waals surface area contributed by atoms with Crippen molar-refractivity contribution in [2.75, 3.05) is 27.3 Å². The summed E-state index contributed by atoms with van der Waals surface area (Å²) in [6, 6.07) is 13.3. The standard InChI is InChI=1S/C21H25NO4/c1-25-19-7-3-5-18(20(19)26-2)14-22-12-4-6-17(13-22)15-8-10-16(11-9-15)21(23)24/h3,5,7-11,17H,4,6,12-14H2,1-2H3,(H,23,24). The normalized spacial score (nSPS) is 17.7. The average molecular weight is 355 g/mol. The van der Waals surface area contributed by atoms with E-state index in [4.69, 9.17) is 14.6 Å². The number of aromatic carboxylic acids is 1. The van der Waals surface area contributed by atoms with Crippen molar-refractivity contribution in [3.63, 3.8) is 0 Å². The van der Waals surface area contributed by atoms with Gasteiger partial charge in [-0.2, -0.15) is 0 Å². The third kappa shape index (κ3) is 3.99. The fraction of sp³-hybridized carbons (Fsp3) is 0.381. The van der Waals surface area contributed by atoms with Crippen LogP contribution in [0.3, 0.4) is 0 Å². The van der Waals surface area contributed by atoms with Crippen molar-refractivity contribution in [3.05, 3.63) is 59.2 Å². The van der Waals surface area contributed by atoms with Gasteiger partial charge in [0.15, 0.2) is 11.5 Å². The Labute approximate surface area is 154 Å². The number of rotatable bonds is 6. The first-order valence-corrected chi connectivity index (χ1v) is 8.88. The van der Waals surface area contributed by atoms with E-state index in [1.54, 1.807) is 26.4 Å². The minimum absolute atomic E-state index is 0.336. The van der Waals surface area contributed by atoms with E-state index < -0.39 is 5.97 Å². The second-order valence-corrected chi connectivity index (χ2v) is 6.65. The van der Waals surface area contributed by atoms with Gasteiger partial charge in [0.25, 0.3) is 0 Å². The predicted molar refractivity (Wildman–Crippen MR) is 100 cm³/mol. The number of nitrogens with zero attached hydrogens (tertiary/aromatic N) is 1. The fourth-order valence-electron chi connectivity index (χ4n) is 3.69. The second kappa shape index (κ2) is 8.23. The van der Waals surface area contributed by atoms with Gasteiger partial charge in [-0.25, -0.2) is 4.79 Å². The van der Waals surface area contributed by atoms with E-state index in [2.05, 4.69) is 11.0 Å². The SMILES string of the molecule is COc1cccc(CN2CCCC(c3ccc(C(=O)O)cc3)C2)c1OC. The van der Waals surface area contributed by atoms with Crippen molar-refractivity contribution in [1.82, 2.24) is 4.90 Å². The van der Waals surface area contributed by atoms with E-state index in [0.717, 1.165) is 49.5 Å². The fourth-order valence-corrected chi connectivity index (χ4v) is 3.69. The monoisotopic (exact) mass is 355 g/mol. The first-order chi connectivity index (χ1) is 12.6. The zero-order valence-corrected chi connectivity index (χ0v) is 15.3. The van der Waals surface area contributed by atoms with Gasteiger partial charge < -0.3 is 14.6 Å². The minimum atomic E-state index is -0.882. The predicted octanol–water partition coefficient (Wildman–Crippen LogP) is 3.78. The van der Waals surface area contributed by atoms with Crippen LogP contribution < -0.4 is 9.47 Å². The molecule has 26 heavy (non-hydrogen) atoms. The summed E-state index contributed by atoms with van der Waals surface area (Å²) >= 11 is 0. The highest BCUT2D eigenvalue weighted by Crippen LogP contribution is 2.33.